The van der Waals surface area contributed by atoms with Crippen LogP contribution in [0.25, 0.3) is 0 Å². The molecule has 0 spiro atoms. The fourth-order valence-electron chi connectivity index (χ4n) is 1.04. The van der Waals surface area contributed by atoms with Crippen molar-refractivity contribution in [3.8, 4) is 0 Å². The molecule has 2 nitrogen and oxygen atoms in total. The third-order valence-electron chi connectivity index (χ3n) is 1.69. The van der Waals surface area contributed by atoms with Crippen LogP contribution in [0.1, 0.15) is 0 Å². The second-order valence-electron chi connectivity index (χ2n) is 2.85. The largest absolute Gasteiger partial charge is 0.223 e. The minimum Gasteiger partial charge on any atom is -0.223 e. The maximum Gasteiger partial charge on any atom is 0.223 e. The zero-order valence-electron chi connectivity index (χ0n) is 7.82. The summed E-state index contributed by atoms with van der Waals surface area (Å²) in [5.41, 5.74) is 0. The van der Waals surface area contributed by atoms with Crippen molar-refractivity contribution in [2.45, 2.75) is 9.92 Å². The maximum absolute atomic E-state index is 13.3. The van der Waals surface area contributed by atoms with E-state index in [1.807, 2.05) is 0 Å². The van der Waals surface area contributed by atoms with E-state index in [0.717, 1.165) is 18.0 Å². The topological polar surface area (TPSA) is 25.8 Å². The van der Waals surface area contributed by atoms with Crippen LogP contribution >= 0.6 is 23.4 Å². The SMILES string of the molecule is Fc1cccc(Sc2nc(Cl)ncc2F)c1. The number of hydrogen-bond acceptors (Lipinski definition) is 3. The molecule has 1 heterocycles. The summed E-state index contributed by atoms with van der Waals surface area (Å²) in [4.78, 5) is 7.76. The highest BCUT2D eigenvalue weighted by atomic mass is 35.5. The third kappa shape index (κ3) is 2.68. The van der Waals surface area contributed by atoms with Gasteiger partial charge in [-0.25, -0.2) is 18.7 Å². The molecule has 0 radical (unpaired) electrons. The molecule has 2 rings (SSSR count). The monoisotopic (exact) mass is 258 g/mol. The molecule has 0 aliphatic carbocycles. The highest BCUT2D eigenvalue weighted by Gasteiger charge is 2.08. The summed E-state index contributed by atoms with van der Waals surface area (Å²) in [6.45, 7) is 0. The predicted molar refractivity (Wildman–Crippen MR) is 57.5 cm³/mol. The van der Waals surface area contributed by atoms with Gasteiger partial charge in [-0.15, -0.1) is 0 Å². The van der Waals surface area contributed by atoms with Crippen LogP contribution in [0.3, 0.4) is 0 Å². The fraction of sp³-hybridized carbons (Fsp3) is 0. The highest BCUT2D eigenvalue weighted by Crippen LogP contribution is 2.28. The summed E-state index contributed by atoms with van der Waals surface area (Å²) in [6.07, 6.45) is 0.983. The molecule has 0 N–H and O–H groups in total. The Morgan fingerprint density at radius 1 is 1.25 bits per heavy atom. The van der Waals surface area contributed by atoms with Gasteiger partial charge in [-0.2, -0.15) is 0 Å². The number of hydrogen-bond donors (Lipinski definition) is 0. The van der Waals surface area contributed by atoms with Crippen LogP contribution in [-0.2, 0) is 0 Å². The average Bonchev–Trinajstić information content (AvgIpc) is 2.24. The van der Waals surface area contributed by atoms with E-state index >= 15 is 0 Å². The molecular formula is C10H5ClF2N2S. The lowest BCUT2D eigenvalue weighted by Crippen LogP contribution is -1.90. The van der Waals surface area contributed by atoms with Gasteiger partial charge < -0.3 is 0 Å². The molecule has 0 aliphatic heterocycles. The molecule has 0 bridgehead atoms. The summed E-state index contributed by atoms with van der Waals surface area (Å²) >= 11 is 6.53. The van der Waals surface area contributed by atoms with E-state index in [1.165, 1.54) is 12.1 Å². The molecule has 16 heavy (non-hydrogen) atoms. The van der Waals surface area contributed by atoms with Gasteiger partial charge in [0.2, 0.25) is 5.28 Å². The second-order valence-corrected chi connectivity index (χ2v) is 4.25. The van der Waals surface area contributed by atoms with Crippen LogP contribution in [0.4, 0.5) is 8.78 Å². The lowest BCUT2D eigenvalue weighted by atomic mass is 10.4. The van der Waals surface area contributed by atoms with Gasteiger partial charge >= 0.3 is 0 Å². The first-order valence-electron chi connectivity index (χ1n) is 4.26. The average molecular weight is 259 g/mol. The van der Waals surface area contributed by atoms with Crippen molar-refractivity contribution in [2.75, 3.05) is 0 Å². The molecule has 0 atom stereocenters. The molecule has 6 heteroatoms. The third-order valence-corrected chi connectivity index (χ3v) is 2.84. The zero-order valence-corrected chi connectivity index (χ0v) is 9.40. The Hall–Kier alpha value is -1.20. The van der Waals surface area contributed by atoms with E-state index in [-0.39, 0.29) is 16.1 Å². The Morgan fingerprint density at radius 3 is 2.81 bits per heavy atom. The number of benzene rings is 1. The highest BCUT2D eigenvalue weighted by molar-refractivity contribution is 7.99. The Bertz CT molecular complexity index is 522. The van der Waals surface area contributed by atoms with Crippen molar-refractivity contribution >= 4 is 23.4 Å². The summed E-state index contributed by atoms with van der Waals surface area (Å²) in [6, 6.07) is 5.80. The Morgan fingerprint density at radius 2 is 2.06 bits per heavy atom. The first-order chi connectivity index (χ1) is 7.65. The zero-order chi connectivity index (χ0) is 11.5. The van der Waals surface area contributed by atoms with E-state index in [0.29, 0.717) is 4.90 Å². The molecule has 0 aliphatic rings. The molecule has 1 aromatic carbocycles. The van der Waals surface area contributed by atoms with Gasteiger partial charge in [0.25, 0.3) is 0 Å². The van der Waals surface area contributed by atoms with Crippen LogP contribution in [0, 0.1) is 11.6 Å². The summed E-state index contributed by atoms with van der Waals surface area (Å²) < 4.78 is 26.1. The van der Waals surface area contributed by atoms with Gasteiger partial charge in [-0.05, 0) is 29.8 Å². The minimum absolute atomic E-state index is 0.0414. The number of nitrogens with zero attached hydrogens (tertiary/aromatic N) is 2. The smallest absolute Gasteiger partial charge is 0.223 e. The quantitative estimate of drug-likeness (QED) is 0.608. The number of aromatic nitrogens is 2. The van der Waals surface area contributed by atoms with Crippen molar-refractivity contribution < 1.29 is 8.78 Å². The van der Waals surface area contributed by atoms with E-state index in [1.54, 1.807) is 12.1 Å². The number of rotatable bonds is 2. The number of halogens is 3. The molecule has 82 valence electrons. The van der Waals surface area contributed by atoms with Crippen molar-refractivity contribution in [2.24, 2.45) is 0 Å². The predicted octanol–water partition coefficient (Wildman–Crippen LogP) is 3.56. The minimum atomic E-state index is -0.585. The molecule has 1 aromatic heterocycles. The Balaban J connectivity index is 2.30. The lowest BCUT2D eigenvalue weighted by molar-refractivity contribution is 0.578. The summed E-state index contributed by atoms with van der Waals surface area (Å²) in [5, 5.41) is 0.0332. The van der Waals surface area contributed by atoms with Gasteiger partial charge in [0.1, 0.15) is 10.8 Å². The maximum atomic E-state index is 13.3. The van der Waals surface area contributed by atoms with Gasteiger partial charge in [-0.3, -0.25) is 0 Å². The van der Waals surface area contributed by atoms with E-state index < -0.39 is 5.82 Å². The van der Waals surface area contributed by atoms with Crippen molar-refractivity contribution in [1.82, 2.24) is 9.97 Å². The van der Waals surface area contributed by atoms with Gasteiger partial charge in [0.15, 0.2) is 5.82 Å². The lowest BCUT2D eigenvalue weighted by Gasteiger charge is -2.02. The fourth-order valence-corrected chi connectivity index (χ4v) is 2.05. The van der Waals surface area contributed by atoms with Crippen LogP contribution < -0.4 is 0 Å². The molecule has 0 saturated carbocycles. The first kappa shape index (κ1) is 11.3. The normalized spacial score (nSPS) is 10.4. The standard InChI is InChI=1S/C10H5ClF2N2S/c11-10-14-5-8(13)9(15-10)16-7-3-1-2-6(12)4-7/h1-5H. The van der Waals surface area contributed by atoms with E-state index in [4.69, 9.17) is 11.6 Å². The Labute approximate surface area is 99.7 Å². The van der Waals surface area contributed by atoms with Crippen molar-refractivity contribution in [3.63, 3.8) is 0 Å². The molecule has 0 unspecified atom stereocenters. The second kappa shape index (κ2) is 4.76. The summed E-state index contributed by atoms with van der Waals surface area (Å²) in [5.74, 6) is -0.968. The van der Waals surface area contributed by atoms with Crippen molar-refractivity contribution in [3.05, 3.63) is 47.4 Å². The molecular weight excluding hydrogens is 254 g/mol. The van der Waals surface area contributed by atoms with E-state index in [2.05, 4.69) is 9.97 Å². The van der Waals surface area contributed by atoms with E-state index in [9.17, 15) is 8.78 Å². The van der Waals surface area contributed by atoms with Gasteiger partial charge in [0.05, 0.1) is 6.20 Å². The molecule has 0 fully saturated rings. The van der Waals surface area contributed by atoms with Gasteiger partial charge in [0, 0.05) is 4.90 Å². The van der Waals surface area contributed by atoms with Crippen LogP contribution in [0.15, 0.2) is 40.4 Å². The van der Waals surface area contributed by atoms with Gasteiger partial charge in [-0.1, -0.05) is 17.8 Å². The van der Waals surface area contributed by atoms with Crippen LogP contribution in [0.2, 0.25) is 5.28 Å². The first-order valence-corrected chi connectivity index (χ1v) is 5.46. The van der Waals surface area contributed by atoms with Crippen molar-refractivity contribution in [1.29, 1.82) is 0 Å². The molecule has 0 amide bonds. The Kier molecular flexibility index (Phi) is 3.36. The van der Waals surface area contributed by atoms with Crippen LogP contribution in [0.5, 0.6) is 0 Å². The molecule has 0 saturated heterocycles. The van der Waals surface area contributed by atoms with Crippen LogP contribution in [-0.4, -0.2) is 9.97 Å². The summed E-state index contributed by atoms with van der Waals surface area (Å²) in [7, 11) is 0. The molecule has 2 aromatic rings.